The Bertz CT molecular complexity index is 1060. The number of hydrogen-bond acceptors (Lipinski definition) is 8. The fraction of sp³-hybridized carbons (Fsp3) is 0.0667. The van der Waals surface area contributed by atoms with Gasteiger partial charge in [-0.3, -0.25) is 10.1 Å². The molecule has 3 aromatic rings. The van der Waals surface area contributed by atoms with Gasteiger partial charge in [-0.25, -0.2) is 4.98 Å². The van der Waals surface area contributed by atoms with Crippen LogP contribution in [0.5, 0.6) is 0 Å². The van der Waals surface area contributed by atoms with Crippen molar-refractivity contribution in [3.05, 3.63) is 51.7 Å². The molecule has 1 N–H and O–H groups in total. The van der Waals surface area contributed by atoms with Gasteiger partial charge in [0, 0.05) is 5.69 Å². The van der Waals surface area contributed by atoms with E-state index in [2.05, 4.69) is 21.5 Å². The lowest BCUT2D eigenvalue weighted by Gasteiger charge is -2.12. The van der Waals surface area contributed by atoms with E-state index in [1.54, 1.807) is 30.5 Å². The number of aromatic nitrogens is 3. The lowest BCUT2D eigenvalue weighted by atomic mass is 10.2. The molecule has 0 aliphatic carbocycles. The minimum absolute atomic E-state index is 0.0458. The summed E-state index contributed by atoms with van der Waals surface area (Å²) in [7, 11) is 0. The predicted molar refractivity (Wildman–Crippen MR) is 90.6 cm³/mol. The fourth-order valence-corrected chi connectivity index (χ4v) is 2.74. The largest absolute Gasteiger partial charge is 0.339 e. The first-order chi connectivity index (χ1) is 12.1. The smallest absolute Gasteiger partial charge is 0.333 e. The molecule has 25 heavy (non-hydrogen) atoms. The minimum atomic E-state index is -0.572. The monoisotopic (exact) mass is 351 g/mol. The number of nitriles is 2. The number of thioether (sulfide) groups is 1. The number of hydrogen-bond donors (Lipinski definition) is 1. The van der Waals surface area contributed by atoms with Gasteiger partial charge in [0.15, 0.2) is 5.82 Å². The van der Waals surface area contributed by atoms with Gasteiger partial charge in [0.05, 0.1) is 16.6 Å². The number of nitro groups is 1. The lowest BCUT2D eigenvalue weighted by Crippen LogP contribution is -2.06. The Morgan fingerprint density at radius 2 is 2.00 bits per heavy atom. The van der Waals surface area contributed by atoms with Gasteiger partial charge in [0.1, 0.15) is 22.9 Å². The fourth-order valence-electron chi connectivity index (χ4n) is 2.22. The molecule has 122 valence electrons. The quantitative estimate of drug-likeness (QED) is 0.328. The van der Waals surface area contributed by atoms with Crippen LogP contribution in [0.25, 0.3) is 5.65 Å². The first kappa shape index (κ1) is 16.2. The van der Waals surface area contributed by atoms with Crippen molar-refractivity contribution in [2.75, 3.05) is 11.6 Å². The Kier molecular flexibility index (Phi) is 4.20. The summed E-state index contributed by atoms with van der Waals surface area (Å²) in [5, 5.41) is 36.9. The maximum absolute atomic E-state index is 11.2. The maximum Gasteiger partial charge on any atom is 0.333 e. The molecule has 2 aromatic heterocycles. The highest BCUT2D eigenvalue weighted by atomic mass is 32.2. The van der Waals surface area contributed by atoms with Crippen LogP contribution in [-0.2, 0) is 0 Å². The van der Waals surface area contributed by atoms with Crippen molar-refractivity contribution in [3.8, 4) is 12.1 Å². The molecule has 0 saturated carbocycles. The summed E-state index contributed by atoms with van der Waals surface area (Å²) in [5.41, 5.74) is 1.12. The molecule has 1 aromatic carbocycles. The molecule has 0 aliphatic rings. The number of nitrogens with zero attached hydrogens (tertiary/aromatic N) is 6. The third-order valence-electron chi connectivity index (χ3n) is 3.37. The van der Waals surface area contributed by atoms with Crippen LogP contribution >= 0.6 is 11.8 Å². The van der Waals surface area contributed by atoms with Crippen LogP contribution in [0.3, 0.4) is 0 Å². The molecule has 0 spiro atoms. The molecule has 0 aliphatic heterocycles. The van der Waals surface area contributed by atoms with Gasteiger partial charge in [0.25, 0.3) is 0 Å². The number of nitrogens with one attached hydrogen (secondary N) is 1. The van der Waals surface area contributed by atoms with Crippen molar-refractivity contribution in [2.24, 2.45) is 0 Å². The number of anilines is 2. The van der Waals surface area contributed by atoms with Crippen molar-refractivity contribution in [3.63, 3.8) is 0 Å². The molecule has 0 radical (unpaired) electrons. The second-order valence-corrected chi connectivity index (χ2v) is 5.59. The number of fused-ring (bicyclic) bond motifs is 1. The molecular formula is C15H9N7O2S. The van der Waals surface area contributed by atoms with E-state index < -0.39 is 4.92 Å². The van der Waals surface area contributed by atoms with E-state index in [-0.39, 0.29) is 22.7 Å². The molecule has 0 fully saturated rings. The topological polar surface area (TPSA) is 133 Å². The molecule has 0 amide bonds. The molecule has 0 atom stereocenters. The first-order valence-corrected chi connectivity index (χ1v) is 8.09. The predicted octanol–water partition coefficient (Wildman–Crippen LogP) is 2.85. The van der Waals surface area contributed by atoms with Gasteiger partial charge >= 0.3 is 5.69 Å². The number of benzene rings is 1. The van der Waals surface area contributed by atoms with E-state index >= 15 is 0 Å². The SMILES string of the molecule is CSc1nc2c([N+](=O)[O-])cnn2c(Nc2ccc(C#N)cc2)c1C#N. The van der Waals surface area contributed by atoms with Gasteiger partial charge in [-0.1, -0.05) is 0 Å². The molecule has 0 saturated heterocycles. The molecule has 3 rings (SSSR count). The number of rotatable bonds is 4. The van der Waals surface area contributed by atoms with Crippen molar-refractivity contribution in [1.82, 2.24) is 14.6 Å². The molecule has 10 heteroatoms. The second-order valence-electron chi connectivity index (χ2n) is 4.79. The van der Waals surface area contributed by atoms with Crippen molar-refractivity contribution < 1.29 is 4.92 Å². The van der Waals surface area contributed by atoms with Crippen LogP contribution in [-0.4, -0.2) is 25.8 Å². The normalized spacial score (nSPS) is 10.2. The highest BCUT2D eigenvalue weighted by molar-refractivity contribution is 7.98. The van der Waals surface area contributed by atoms with Crippen molar-refractivity contribution >= 4 is 34.6 Å². The zero-order valence-corrected chi connectivity index (χ0v) is 13.6. The highest BCUT2D eigenvalue weighted by Crippen LogP contribution is 2.31. The van der Waals surface area contributed by atoms with Crippen LogP contribution < -0.4 is 5.32 Å². The zero-order chi connectivity index (χ0) is 18.0. The van der Waals surface area contributed by atoms with Gasteiger partial charge in [-0.2, -0.15) is 20.1 Å². The van der Waals surface area contributed by atoms with E-state index in [0.717, 1.165) is 6.20 Å². The van der Waals surface area contributed by atoms with E-state index in [9.17, 15) is 15.4 Å². The zero-order valence-electron chi connectivity index (χ0n) is 12.8. The van der Waals surface area contributed by atoms with Crippen LogP contribution in [0.15, 0.2) is 35.5 Å². The molecule has 2 heterocycles. The lowest BCUT2D eigenvalue weighted by molar-refractivity contribution is -0.383. The highest BCUT2D eigenvalue weighted by Gasteiger charge is 2.23. The third-order valence-corrected chi connectivity index (χ3v) is 4.06. The van der Waals surface area contributed by atoms with E-state index in [1.165, 1.54) is 16.3 Å². The standard InChI is InChI=1S/C15H9N7O2S/c1-25-15-11(7-17)13(19-10-4-2-9(6-16)3-5-10)21-14(20-15)12(8-18-21)22(23)24/h2-5,8,19H,1H3. The van der Waals surface area contributed by atoms with Gasteiger partial charge in [-0.15, -0.1) is 11.8 Å². The first-order valence-electron chi connectivity index (χ1n) is 6.86. The summed E-state index contributed by atoms with van der Waals surface area (Å²) in [5.74, 6) is 0.273. The summed E-state index contributed by atoms with van der Waals surface area (Å²) >= 11 is 1.21. The minimum Gasteiger partial charge on any atom is -0.339 e. The Labute approximate surface area is 145 Å². The van der Waals surface area contributed by atoms with E-state index in [0.29, 0.717) is 16.3 Å². The van der Waals surface area contributed by atoms with Crippen LogP contribution in [0.1, 0.15) is 11.1 Å². The Morgan fingerprint density at radius 1 is 1.28 bits per heavy atom. The summed E-state index contributed by atoms with van der Waals surface area (Å²) in [6.07, 6.45) is 2.82. The third kappa shape index (κ3) is 2.82. The Morgan fingerprint density at radius 3 is 2.56 bits per heavy atom. The summed E-state index contributed by atoms with van der Waals surface area (Å²) in [4.78, 5) is 14.8. The van der Waals surface area contributed by atoms with Crippen LogP contribution in [0, 0.1) is 32.8 Å². The second kappa shape index (κ2) is 6.47. The molecule has 9 nitrogen and oxygen atoms in total. The van der Waals surface area contributed by atoms with E-state index in [4.69, 9.17) is 5.26 Å². The average molecular weight is 351 g/mol. The van der Waals surface area contributed by atoms with E-state index in [1.807, 2.05) is 6.07 Å². The summed E-state index contributed by atoms with van der Waals surface area (Å²) in [6, 6.07) is 10.7. The molecular weight excluding hydrogens is 342 g/mol. The van der Waals surface area contributed by atoms with Gasteiger partial charge in [0.2, 0.25) is 5.65 Å². The van der Waals surface area contributed by atoms with Gasteiger partial charge in [-0.05, 0) is 30.5 Å². The summed E-state index contributed by atoms with van der Waals surface area (Å²) in [6.45, 7) is 0. The van der Waals surface area contributed by atoms with Crippen molar-refractivity contribution in [1.29, 1.82) is 10.5 Å². The Hall–Kier alpha value is -3.63. The van der Waals surface area contributed by atoms with Crippen molar-refractivity contribution in [2.45, 2.75) is 5.03 Å². The van der Waals surface area contributed by atoms with Gasteiger partial charge < -0.3 is 5.32 Å². The Balaban J connectivity index is 2.22. The van der Waals surface area contributed by atoms with Crippen LogP contribution in [0.2, 0.25) is 0 Å². The summed E-state index contributed by atoms with van der Waals surface area (Å²) < 4.78 is 1.23. The van der Waals surface area contributed by atoms with Crippen LogP contribution in [0.4, 0.5) is 17.2 Å². The maximum atomic E-state index is 11.2. The molecule has 0 bridgehead atoms. The average Bonchev–Trinajstić information content (AvgIpc) is 3.06. The molecule has 0 unspecified atom stereocenters.